The Balaban J connectivity index is 1.56. The van der Waals surface area contributed by atoms with Crippen molar-refractivity contribution in [3.05, 3.63) is 77.6 Å². The third-order valence-corrected chi connectivity index (χ3v) is 4.19. The maximum Gasteiger partial charge on any atom is 0.319 e. The van der Waals surface area contributed by atoms with Crippen molar-refractivity contribution in [1.29, 1.82) is 0 Å². The number of amides is 2. The summed E-state index contributed by atoms with van der Waals surface area (Å²) in [7, 11) is 1.92. The van der Waals surface area contributed by atoms with Gasteiger partial charge < -0.3 is 10.6 Å². The Morgan fingerprint density at radius 3 is 2.58 bits per heavy atom. The number of anilines is 1. The highest BCUT2D eigenvalue weighted by atomic mass is 19.1. The number of benzene rings is 1. The zero-order valence-corrected chi connectivity index (χ0v) is 14.6. The first kappa shape index (κ1) is 17.6. The molecule has 0 bridgehead atoms. The molecule has 0 saturated carbocycles. The van der Waals surface area contributed by atoms with Gasteiger partial charge in [-0.2, -0.15) is 5.10 Å². The van der Waals surface area contributed by atoms with Crippen molar-refractivity contribution in [2.45, 2.75) is 19.4 Å². The zero-order valence-electron chi connectivity index (χ0n) is 14.6. The van der Waals surface area contributed by atoms with Gasteiger partial charge in [0, 0.05) is 30.5 Å². The molecule has 7 heteroatoms. The van der Waals surface area contributed by atoms with E-state index < -0.39 is 5.82 Å². The first-order valence-corrected chi connectivity index (χ1v) is 8.26. The van der Waals surface area contributed by atoms with Crippen molar-refractivity contribution in [2.75, 3.05) is 5.32 Å². The summed E-state index contributed by atoms with van der Waals surface area (Å²) in [5.41, 5.74) is 3.53. The number of hydrogen-bond acceptors (Lipinski definition) is 3. The summed E-state index contributed by atoms with van der Waals surface area (Å²) in [5, 5.41) is 9.65. The van der Waals surface area contributed by atoms with E-state index in [1.165, 1.54) is 12.1 Å². The third kappa shape index (κ3) is 4.24. The van der Waals surface area contributed by atoms with Crippen LogP contribution in [0.15, 0.2) is 54.9 Å². The molecule has 0 fully saturated rings. The Kier molecular flexibility index (Phi) is 5.26. The van der Waals surface area contributed by atoms with Crippen LogP contribution < -0.4 is 10.6 Å². The van der Waals surface area contributed by atoms with Crippen LogP contribution in [0, 0.1) is 5.82 Å². The van der Waals surface area contributed by atoms with Crippen LogP contribution in [0.2, 0.25) is 0 Å². The first-order valence-electron chi connectivity index (χ1n) is 8.26. The molecule has 0 aliphatic rings. The number of aryl methyl sites for hydroxylation is 1. The number of nitrogens with zero attached hydrogens (tertiary/aromatic N) is 3. The summed E-state index contributed by atoms with van der Waals surface area (Å²) in [6.45, 7) is 2.34. The van der Waals surface area contributed by atoms with Crippen molar-refractivity contribution < 1.29 is 9.18 Å². The average Bonchev–Trinajstić information content (AvgIpc) is 3.07. The summed E-state index contributed by atoms with van der Waals surface area (Å²) < 4.78 is 14.7. The minimum Gasteiger partial charge on any atom is -0.332 e. The van der Waals surface area contributed by atoms with Gasteiger partial charge in [-0.25, -0.2) is 9.18 Å². The minimum absolute atomic E-state index is 0.204. The molecule has 26 heavy (non-hydrogen) atoms. The van der Waals surface area contributed by atoms with Crippen LogP contribution in [0.25, 0.3) is 0 Å². The lowest BCUT2D eigenvalue weighted by Crippen LogP contribution is -2.28. The van der Waals surface area contributed by atoms with Crippen molar-refractivity contribution in [3.63, 3.8) is 0 Å². The van der Waals surface area contributed by atoms with E-state index in [0.717, 1.165) is 17.5 Å². The van der Waals surface area contributed by atoms with E-state index in [1.54, 1.807) is 6.20 Å². The Morgan fingerprint density at radius 2 is 1.96 bits per heavy atom. The molecule has 2 amide bonds. The number of carbonyl (C=O) groups is 1. The lowest BCUT2D eigenvalue weighted by Gasteiger charge is -2.13. The Bertz CT molecular complexity index is 874. The van der Waals surface area contributed by atoms with Gasteiger partial charge in [0.15, 0.2) is 0 Å². The highest BCUT2D eigenvalue weighted by Gasteiger charge is 2.12. The fourth-order valence-electron chi connectivity index (χ4n) is 2.69. The Morgan fingerprint density at radius 1 is 1.19 bits per heavy atom. The predicted octanol–water partition coefficient (Wildman–Crippen LogP) is 3.43. The Labute approximate surface area is 151 Å². The Hall–Kier alpha value is -3.22. The summed E-state index contributed by atoms with van der Waals surface area (Å²) >= 11 is 0. The van der Waals surface area contributed by atoms with Gasteiger partial charge in [-0.3, -0.25) is 9.67 Å². The normalized spacial score (nSPS) is 11.8. The number of pyridine rings is 1. The standard InChI is InChI=1S/C19H20FN5O/c1-13(18-9-10-23-25(18)2)14-3-6-16(7-4-14)24-19(26)22-12-17-8-5-15(20)11-21-17/h3-11,13H,12H2,1-2H3,(H2,22,24,26)/t13-/m1/s1. The second-order valence-corrected chi connectivity index (χ2v) is 6.00. The fraction of sp³-hybridized carbons (Fsp3) is 0.211. The number of rotatable bonds is 5. The molecule has 134 valence electrons. The van der Waals surface area contributed by atoms with E-state index in [-0.39, 0.29) is 18.5 Å². The molecule has 0 aliphatic heterocycles. The van der Waals surface area contributed by atoms with Crippen molar-refractivity contribution in [2.24, 2.45) is 7.05 Å². The van der Waals surface area contributed by atoms with E-state index in [9.17, 15) is 9.18 Å². The number of carbonyl (C=O) groups excluding carboxylic acids is 1. The molecule has 3 rings (SSSR count). The van der Waals surface area contributed by atoms with Crippen LogP contribution in [0.5, 0.6) is 0 Å². The van der Waals surface area contributed by atoms with E-state index in [2.05, 4.69) is 27.6 Å². The second-order valence-electron chi connectivity index (χ2n) is 6.00. The van der Waals surface area contributed by atoms with Crippen LogP contribution >= 0.6 is 0 Å². The van der Waals surface area contributed by atoms with E-state index in [1.807, 2.05) is 42.1 Å². The quantitative estimate of drug-likeness (QED) is 0.738. The molecular formula is C19H20FN5O. The number of hydrogen-bond donors (Lipinski definition) is 2. The molecule has 1 aromatic carbocycles. The maximum atomic E-state index is 12.8. The van der Waals surface area contributed by atoms with Crippen LogP contribution in [-0.4, -0.2) is 20.8 Å². The summed E-state index contributed by atoms with van der Waals surface area (Å²) in [6.07, 6.45) is 2.90. The number of urea groups is 1. The zero-order chi connectivity index (χ0) is 18.5. The van der Waals surface area contributed by atoms with E-state index in [4.69, 9.17) is 0 Å². The van der Waals surface area contributed by atoms with Crippen molar-refractivity contribution >= 4 is 11.7 Å². The van der Waals surface area contributed by atoms with Gasteiger partial charge in [0.2, 0.25) is 0 Å². The SMILES string of the molecule is C[C@H](c1ccc(NC(=O)NCc2ccc(F)cn2)cc1)c1ccnn1C. The van der Waals surface area contributed by atoms with Crippen LogP contribution in [0.1, 0.15) is 29.8 Å². The predicted molar refractivity (Wildman–Crippen MR) is 97.2 cm³/mol. The number of nitrogens with one attached hydrogen (secondary N) is 2. The largest absolute Gasteiger partial charge is 0.332 e. The minimum atomic E-state index is -0.404. The van der Waals surface area contributed by atoms with Gasteiger partial charge in [-0.1, -0.05) is 19.1 Å². The van der Waals surface area contributed by atoms with Crippen molar-refractivity contribution in [3.8, 4) is 0 Å². The summed E-state index contributed by atoms with van der Waals surface area (Å²) in [6, 6.07) is 12.2. The average molecular weight is 353 g/mol. The summed E-state index contributed by atoms with van der Waals surface area (Å²) in [4.78, 5) is 15.9. The fourth-order valence-corrected chi connectivity index (χ4v) is 2.69. The van der Waals surface area contributed by atoms with Crippen molar-refractivity contribution in [1.82, 2.24) is 20.1 Å². The lowest BCUT2D eigenvalue weighted by atomic mass is 9.97. The molecule has 0 unspecified atom stereocenters. The smallest absolute Gasteiger partial charge is 0.319 e. The highest BCUT2D eigenvalue weighted by molar-refractivity contribution is 5.89. The molecular weight excluding hydrogens is 333 g/mol. The van der Waals surface area contributed by atoms with Crippen LogP contribution in [0.4, 0.5) is 14.9 Å². The number of halogens is 1. The van der Waals surface area contributed by atoms with Gasteiger partial charge in [0.25, 0.3) is 0 Å². The van der Waals surface area contributed by atoms with E-state index in [0.29, 0.717) is 11.4 Å². The van der Waals surface area contributed by atoms with Gasteiger partial charge in [-0.05, 0) is 35.9 Å². The van der Waals surface area contributed by atoms with Crippen LogP contribution in [0.3, 0.4) is 0 Å². The second kappa shape index (κ2) is 7.77. The monoisotopic (exact) mass is 353 g/mol. The van der Waals surface area contributed by atoms with Gasteiger partial charge >= 0.3 is 6.03 Å². The molecule has 0 spiro atoms. The molecule has 6 nitrogen and oxygen atoms in total. The van der Waals surface area contributed by atoms with Gasteiger partial charge in [0.05, 0.1) is 18.4 Å². The molecule has 1 atom stereocenters. The molecule has 2 heterocycles. The maximum absolute atomic E-state index is 12.8. The highest BCUT2D eigenvalue weighted by Crippen LogP contribution is 2.24. The summed E-state index contributed by atoms with van der Waals surface area (Å²) in [5.74, 6) is -0.200. The lowest BCUT2D eigenvalue weighted by molar-refractivity contribution is 0.251. The van der Waals surface area contributed by atoms with E-state index >= 15 is 0 Å². The molecule has 0 saturated heterocycles. The topological polar surface area (TPSA) is 71.8 Å². The molecule has 0 aliphatic carbocycles. The molecule has 2 aromatic heterocycles. The molecule has 0 radical (unpaired) electrons. The van der Waals surface area contributed by atoms with Crippen LogP contribution in [-0.2, 0) is 13.6 Å². The molecule has 2 N–H and O–H groups in total. The third-order valence-electron chi connectivity index (χ3n) is 4.19. The van der Waals surface area contributed by atoms with Gasteiger partial charge in [-0.15, -0.1) is 0 Å². The molecule has 3 aromatic rings. The van der Waals surface area contributed by atoms with Gasteiger partial charge in [0.1, 0.15) is 5.82 Å². The number of aromatic nitrogens is 3. The first-order chi connectivity index (χ1) is 12.5.